The van der Waals surface area contributed by atoms with Crippen molar-refractivity contribution in [1.82, 2.24) is 0 Å². The zero-order chi connectivity index (χ0) is 12.7. The molecule has 0 radical (unpaired) electrons. The van der Waals surface area contributed by atoms with Gasteiger partial charge in [0.05, 0.1) is 17.2 Å². The van der Waals surface area contributed by atoms with E-state index in [4.69, 9.17) is 17.5 Å². The molecule has 0 aliphatic heterocycles. The van der Waals surface area contributed by atoms with Crippen LogP contribution in [0.3, 0.4) is 0 Å². The molecule has 1 saturated carbocycles. The van der Waals surface area contributed by atoms with E-state index in [0.717, 1.165) is 24.5 Å². The Hall–Kier alpha value is -0.780. The monoisotopic (exact) mass is 265 g/mol. The molecular formula is C11H11ClF3NO. The van der Waals surface area contributed by atoms with Gasteiger partial charge in [-0.1, -0.05) is 17.7 Å². The van der Waals surface area contributed by atoms with Crippen LogP contribution in [0, 0.1) is 0 Å². The van der Waals surface area contributed by atoms with E-state index in [-0.39, 0.29) is 10.4 Å². The normalized spacial score (nSPS) is 18.2. The van der Waals surface area contributed by atoms with Crippen LogP contribution >= 0.6 is 11.6 Å². The van der Waals surface area contributed by atoms with E-state index in [0.29, 0.717) is 6.61 Å². The Kier molecular flexibility index (Phi) is 3.10. The lowest BCUT2D eigenvalue weighted by Gasteiger charge is -2.16. The lowest BCUT2D eigenvalue weighted by atomic mass is 9.96. The first-order valence-corrected chi connectivity index (χ1v) is 5.46. The van der Waals surface area contributed by atoms with Gasteiger partial charge in [-0.05, 0) is 30.5 Å². The molecule has 1 fully saturated rings. The Balaban J connectivity index is 2.32. The SMILES string of the molecule is NOCC1(c2ccc(C(F)(F)F)c(Cl)c2)CC1. The van der Waals surface area contributed by atoms with Crippen molar-refractivity contribution in [2.24, 2.45) is 5.90 Å². The molecule has 6 heteroatoms. The smallest absolute Gasteiger partial charge is 0.304 e. The van der Waals surface area contributed by atoms with Crippen LogP contribution in [0.5, 0.6) is 0 Å². The molecule has 94 valence electrons. The second-order valence-corrected chi connectivity index (χ2v) is 4.69. The summed E-state index contributed by atoms with van der Waals surface area (Å²) in [6.45, 7) is 0.300. The molecule has 0 heterocycles. The number of halogens is 4. The first-order chi connectivity index (χ1) is 7.89. The van der Waals surface area contributed by atoms with Gasteiger partial charge in [0.1, 0.15) is 0 Å². The fraction of sp³-hybridized carbons (Fsp3) is 0.455. The highest BCUT2D eigenvalue weighted by Crippen LogP contribution is 2.49. The van der Waals surface area contributed by atoms with Crippen molar-refractivity contribution in [1.29, 1.82) is 0 Å². The summed E-state index contributed by atoms with van der Waals surface area (Å²) in [5, 5.41) is -0.279. The zero-order valence-corrected chi connectivity index (χ0v) is 9.61. The van der Waals surface area contributed by atoms with Crippen molar-refractivity contribution in [2.45, 2.75) is 24.4 Å². The highest BCUT2D eigenvalue weighted by molar-refractivity contribution is 6.31. The molecular weight excluding hydrogens is 255 g/mol. The third kappa shape index (κ3) is 2.41. The summed E-state index contributed by atoms with van der Waals surface area (Å²) in [4.78, 5) is 4.60. The minimum absolute atomic E-state index is 0.248. The Bertz CT molecular complexity index is 429. The van der Waals surface area contributed by atoms with Crippen molar-refractivity contribution in [3.63, 3.8) is 0 Å². The Labute approximate surface area is 101 Å². The van der Waals surface area contributed by atoms with Gasteiger partial charge in [0, 0.05) is 5.41 Å². The second kappa shape index (κ2) is 4.15. The fourth-order valence-electron chi connectivity index (χ4n) is 1.90. The molecule has 2 N–H and O–H groups in total. The van der Waals surface area contributed by atoms with Crippen LogP contribution in [0.25, 0.3) is 0 Å². The minimum Gasteiger partial charge on any atom is -0.304 e. The lowest BCUT2D eigenvalue weighted by Crippen LogP contribution is -2.18. The van der Waals surface area contributed by atoms with E-state index < -0.39 is 11.7 Å². The topological polar surface area (TPSA) is 35.2 Å². The summed E-state index contributed by atoms with van der Waals surface area (Å²) in [6.07, 6.45) is -2.71. The van der Waals surface area contributed by atoms with Crippen LogP contribution in [0.1, 0.15) is 24.0 Å². The maximum atomic E-state index is 12.5. The molecule has 17 heavy (non-hydrogen) atoms. The third-order valence-electron chi connectivity index (χ3n) is 3.10. The maximum absolute atomic E-state index is 12.5. The predicted molar refractivity (Wildman–Crippen MR) is 57.5 cm³/mol. The molecule has 1 aromatic carbocycles. The van der Waals surface area contributed by atoms with Gasteiger partial charge in [-0.3, -0.25) is 0 Å². The van der Waals surface area contributed by atoms with E-state index in [2.05, 4.69) is 4.84 Å². The van der Waals surface area contributed by atoms with Gasteiger partial charge < -0.3 is 4.84 Å². The van der Waals surface area contributed by atoms with Gasteiger partial charge in [-0.25, -0.2) is 5.90 Å². The number of benzene rings is 1. The van der Waals surface area contributed by atoms with Crippen LogP contribution in [0.4, 0.5) is 13.2 Å². The van der Waals surface area contributed by atoms with E-state index >= 15 is 0 Å². The van der Waals surface area contributed by atoms with Gasteiger partial charge in [0.25, 0.3) is 0 Å². The minimum atomic E-state index is -4.42. The number of hydrogen-bond acceptors (Lipinski definition) is 2. The molecule has 0 atom stereocenters. The molecule has 1 aromatic rings. The Morgan fingerprint density at radius 3 is 2.41 bits per heavy atom. The maximum Gasteiger partial charge on any atom is 0.417 e. The zero-order valence-electron chi connectivity index (χ0n) is 8.85. The largest absolute Gasteiger partial charge is 0.417 e. The predicted octanol–water partition coefficient (Wildman–Crippen LogP) is 3.28. The summed E-state index contributed by atoms with van der Waals surface area (Å²) < 4.78 is 37.5. The molecule has 2 nitrogen and oxygen atoms in total. The molecule has 0 amide bonds. The second-order valence-electron chi connectivity index (χ2n) is 4.28. The quantitative estimate of drug-likeness (QED) is 0.851. The highest BCUT2D eigenvalue weighted by atomic mass is 35.5. The van der Waals surface area contributed by atoms with Gasteiger partial charge in [0.2, 0.25) is 0 Å². The molecule has 1 aliphatic carbocycles. The van der Waals surface area contributed by atoms with Crippen molar-refractivity contribution in [3.8, 4) is 0 Å². The number of hydrogen-bond donors (Lipinski definition) is 1. The molecule has 0 saturated heterocycles. The van der Waals surface area contributed by atoms with Gasteiger partial charge in [-0.15, -0.1) is 0 Å². The molecule has 0 spiro atoms. The van der Waals surface area contributed by atoms with Crippen LogP contribution in [-0.4, -0.2) is 6.61 Å². The lowest BCUT2D eigenvalue weighted by molar-refractivity contribution is -0.137. The average molecular weight is 266 g/mol. The number of nitrogens with two attached hydrogens (primary N) is 1. The first-order valence-electron chi connectivity index (χ1n) is 5.08. The van der Waals surface area contributed by atoms with E-state index in [1.807, 2.05) is 0 Å². The van der Waals surface area contributed by atoms with Crippen LogP contribution in [0.15, 0.2) is 18.2 Å². The summed E-state index contributed by atoms with van der Waals surface area (Å²) >= 11 is 5.66. The number of rotatable bonds is 3. The van der Waals surface area contributed by atoms with Crippen molar-refractivity contribution in [3.05, 3.63) is 34.3 Å². The third-order valence-corrected chi connectivity index (χ3v) is 3.41. The summed E-state index contributed by atoms with van der Waals surface area (Å²) in [6, 6.07) is 3.81. The molecule has 0 bridgehead atoms. The van der Waals surface area contributed by atoms with Gasteiger partial charge >= 0.3 is 6.18 Å². The molecule has 1 aliphatic rings. The van der Waals surface area contributed by atoms with Gasteiger partial charge in [-0.2, -0.15) is 13.2 Å². The van der Waals surface area contributed by atoms with Crippen LogP contribution in [0.2, 0.25) is 5.02 Å². The van der Waals surface area contributed by atoms with Crippen molar-refractivity contribution >= 4 is 11.6 Å². The van der Waals surface area contributed by atoms with Crippen LogP contribution < -0.4 is 5.90 Å². The van der Waals surface area contributed by atoms with E-state index in [9.17, 15) is 13.2 Å². The molecule has 0 aromatic heterocycles. The summed E-state index contributed by atoms with van der Waals surface area (Å²) in [7, 11) is 0. The summed E-state index contributed by atoms with van der Waals surface area (Å²) in [5.74, 6) is 5.02. The first kappa shape index (κ1) is 12.7. The Morgan fingerprint density at radius 1 is 1.35 bits per heavy atom. The standard InChI is InChI=1S/C11H11ClF3NO/c12-9-5-7(10(3-4-10)6-17-16)1-2-8(9)11(13,14)15/h1-2,5H,3-4,6,16H2. The molecule has 2 rings (SSSR count). The average Bonchev–Trinajstić information content (AvgIpc) is 2.97. The van der Waals surface area contributed by atoms with E-state index in [1.165, 1.54) is 12.1 Å². The van der Waals surface area contributed by atoms with Crippen molar-refractivity contribution < 1.29 is 18.0 Å². The van der Waals surface area contributed by atoms with Crippen molar-refractivity contribution in [2.75, 3.05) is 6.61 Å². The van der Waals surface area contributed by atoms with E-state index in [1.54, 1.807) is 0 Å². The van der Waals surface area contributed by atoms with Gasteiger partial charge in [0.15, 0.2) is 0 Å². The Morgan fingerprint density at radius 2 is 2.00 bits per heavy atom. The number of alkyl halides is 3. The van der Waals surface area contributed by atoms with Crippen LogP contribution in [-0.2, 0) is 16.4 Å². The molecule has 0 unspecified atom stereocenters. The summed E-state index contributed by atoms with van der Waals surface area (Å²) in [5.41, 5.74) is -0.309. The fourth-order valence-corrected chi connectivity index (χ4v) is 2.19. The highest BCUT2D eigenvalue weighted by Gasteiger charge is 2.45.